The van der Waals surface area contributed by atoms with Gasteiger partial charge in [-0.05, 0) is 12.1 Å². The van der Waals surface area contributed by atoms with Crippen LogP contribution in [-0.2, 0) is 14.3 Å². The second-order valence-corrected chi connectivity index (χ2v) is 4.80. The maximum atomic E-state index is 12.1. The lowest BCUT2D eigenvalue weighted by Crippen LogP contribution is -2.49. The number of hydrogen-bond donors (Lipinski definition) is 0. The van der Waals surface area contributed by atoms with Crippen molar-refractivity contribution in [1.82, 2.24) is 9.80 Å². The van der Waals surface area contributed by atoms with Gasteiger partial charge in [0, 0.05) is 26.2 Å². The zero-order valence-corrected chi connectivity index (χ0v) is 12.4. The maximum Gasteiger partial charge on any atom is 0.341 e. The molecule has 0 saturated carbocycles. The van der Waals surface area contributed by atoms with E-state index in [1.54, 1.807) is 34.1 Å². The Kier molecular flexibility index (Phi) is 5.35. The fourth-order valence-electron chi connectivity index (χ4n) is 2.18. The summed E-state index contributed by atoms with van der Waals surface area (Å²) in [5, 5.41) is 0. The Balaban J connectivity index is 1.92. The average Bonchev–Trinajstić information content (AvgIpc) is 2.59. The van der Waals surface area contributed by atoms with Crippen LogP contribution in [0.3, 0.4) is 0 Å². The lowest BCUT2D eigenvalue weighted by molar-refractivity contribution is -0.137. The molecule has 0 spiro atoms. The topological polar surface area (TPSA) is 76.2 Å². The zero-order chi connectivity index (χ0) is 15.9. The highest BCUT2D eigenvalue weighted by Crippen LogP contribution is 2.18. The van der Waals surface area contributed by atoms with Crippen molar-refractivity contribution in [3.63, 3.8) is 0 Å². The van der Waals surface area contributed by atoms with Crippen molar-refractivity contribution in [2.24, 2.45) is 0 Å². The van der Waals surface area contributed by atoms with Gasteiger partial charge in [0.1, 0.15) is 11.3 Å². The summed E-state index contributed by atoms with van der Waals surface area (Å²) in [4.78, 5) is 37.6. The monoisotopic (exact) mass is 306 g/mol. The molecule has 1 aromatic rings. The summed E-state index contributed by atoms with van der Waals surface area (Å²) in [6.07, 6.45) is 0.783. The molecule has 1 heterocycles. The smallest absolute Gasteiger partial charge is 0.341 e. The number of esters is 1. The van der Waals surface area contributed by atoms with Crippen LogP contribution < -0.4 is 4.74 Å². The van der Waals surface area contributed by atoms with Gasteiger partial charge in [0.25, 0.3) is 5.91 Å². The molecule has 0 N–H and O–H groups in total. The van der Waals surface area contributed by atoms with Crippen LogP contribution in [0.5, 0.6) is 5.75 Å². The fourth-order valence-corrected chi connectivity index (χ4v) is 2.18. The molecule has 7 heteroatoms. The zero-order valence-electron chi connectivity index (χ0n) is 12.4. The minimum Gasteiger partial charge on any atom is -0.483 e. The minimum atomic E-state index is -0.511. The third kappa shape index (κ3) is 3.75. The van der Waals surface area contributed by atoms with Gasteiger partial charge < -0.3 is 19.3 Å². The summed E-state index contributed by atoms with van der Waals surface area (Å²) >= 11 is 0. The van der Waals surface area contributed by atoms with Crippen molar-refractivity contribution in [3.05, 3.63) is 29.8 Å². The van der Waals surface area contributed by atoms with Crippen molar-refractivity contribution >= 4 is 18.3 Å². The standard InChI is InChI=1S/C15H18N2O5/c1-21-15(20)12-4-2-3-5-13(12)22-10-14(19)17-8-6-16(11-18)7-9-17/h2-5,11H,6-10H2,1H3. The molecule has 0 unspecified atom stereocenters. The number of amides is 2. The highest BCUT2D eigenvalue weighted by molar-refractivity contribution is 5.92. The minimum absolute atomic E-state index is 0.158. The summed E-state index contributed by atoms with van der Waals surface area (Å²) in [5.74, 6) is -0.373. The molecule has 1 aliphatic heterocycles. The van der Waals surface area contributed by atoms with Gasteiger partial charge in [-0.15, -0.1) is 0 Å². The van der Waals surface area contributed by atoms with E-state index in [1.807, 2.05) is 0 Å². The molecule has 0 radical (unpaired) electrons. The van der Waals surface area contributed by atoms with Crippen LogP contribution in [0.15, 0.2) is 24.3 Å². The Morgan fingerprint density at radius 3 is 2.50 bits per heavy atom. The van der Waals surface area contributed by atoms with E-state index in [9.17, 15) is 14.4 Å². The van der Waals surface area contributed by atoms with Crippen LogP contribution in [0, 0.1) is 0 Å². The van der Waals surface area contributed by atoms with Crippen LogP contribution in [0.1, 0.15) is 10.4 Å². The molecular formula is C15H18N2O5. The number of nitrogens with zero attached hydrogens (tertiary/aromatic N) is 2. The lowest BCUT2D eigenvalue weighted by Gasteiger charge is -2.32. The van der Waals surface area contributed by atoms with E-state index in [2.05, 4.69) is 4.74 Å². The summed E-state index contributed by atoms with van der Waals surface area (Å²) < 4.78 is 10.1. The van der Waals surface area contributed by atoms with E-state index < -0.39 is 5.97 Å². The Labute approximate surface area is 128 Å². The largest absolute Gasteiger partial charge is 0.483 e. The fraction of sp³-hybridized carbons (Fsp3) is 0.400. The third-order valence-electron chi connectivity index (χ3n) is 3.46. The Bertz CT molecular complexity index is 553. The van der Waals surface area contributed by atoms with Gasteiger partial charge in [-0.2, -0.15) is 0 Å². The maximum absolute atomic E-state index is 12.1. The van der Waals surface area contributed by atoms with Gasteiger partial charge in [-0.1, -0.05) is 12.1 Å². The van der Waals surface area contributed by atoms with Gasteiger partial charge in [0.05, 0.1) is 7.11 Å². The summed E-state index contributed by atoms with van der Waals surface area (Å²) in [6.45, 7) is 1.86. The molecule has 2 amide bonds. The molecule has 1 aliphatic rings. The van der Waals surface area contributed by atoms with E-state index in [1.165, 1.54) is 7.11 Å². The van der Waals surface area contributed by atoms with Gasteiger partial charge in [-0.25, -0.2) is 4.79 Å². The molecule has 1 aromatic carbocycles. The number of para-hydroxylation sites is 1. The number of hydrogen-bond acceptors (Lipinski definition) is 5. The van der Waals surface area contributed by atoms with Crippen LogP contribution >= 0.6 is 0 Å². The predicted molar refractivity (Wildman–Crippen MR) is 77.5 cm³/mol. The molecule has 118 valence electrons. The molecule has 7 nitrogen and oxygen atoms in total. The summed E-state index contributed by atoms with van der Waals surface area (Å²) in [6, 6.07) is 6.60. The van der Waals surface area contributed by atoms with Gasteiger partial charge in [-0.3, -0.25) is 9.59 Å². The Morgan fingerprint density at radius 1 is 1.18 bits per heavy atom. The van der Waals surface area contributed by atoms with E-state index >= 15 is 0 Å². The first-order valence-electron chi connectivity index (χ1n) is 6.93. The first kappa shape index (κ1) is 15.8. The average molecular weight is 306 g/mol. The van der Waals surface area contributed by atoms with Crippen molar-refractivity contribution in [1.29, 1.82) is 0 Å². The quantitative estimate of drug-likeness (QED) is 0.572. The van der Waals surface area contributed by atoms with Crippen LogP contribution in [0.2, 0.25) is 0 Å². The highest BCUT2D eigenvalue weighted by atomic mass is 16.5. The van der Waals surface area contributed by atoms with E-state index in [0.29, 0.717) is 31.9 Å². The van der Waals surface area contributed by atoms with Crippen molar-refractivity contribution in [3.8, 4) is 5.75 Å². The number of carbonyl (C=O) groups is 3. The van der Waals surface area contributed by atoms with Crippen molar-refractivity contribution < 1.29 is 23.9 Å². The van der Waals surface area contributed by atoms with Gasteiger partial charge >= 0.3 is 5.97 Å². The molecule has 1 fully saturated rings. The molecule has 0 atom stereocenters. The van der Waals surface area contributed by atoms with Crippen LogP contribution in [-0.4, -0.2) is 68.0 Å². The number of rotatable bonds is 5. The molecule has 1 saturated heterocycles. The van der Waals surface area contributed by atoms with E-state index in [0.717, 1.165) is 6.41 Å². The first-order valence-corrected chi connectivity index (χ1v) is 6.93. The Hall–Kier alpha value is -2.57. The van der Waals surface area contributed by atoms with E-state index in [-0.39, 0.29) is 18.1 Å². The number of benzene rings is 1. The van der Waals surface area contributed by atoms with Crippen LogP contribution in [0.25, 0.3) is 0 Å². The number of ether oxygens (including phenoxy) is 2. The number of carbonyl (C=O) groups excluding carboxylic acids is 3. The van der Waals surface area contributed by atoms with Gasteiger partial charge in [0.2, 0.25) is 6.41 Å². The lowest BCUT2D eigenvalue weighted by atomic mass is 10.2. The molecule has 0 bridgehead atoms. The van der Waals surface area contributed by atoms with Crippen molar-refractivity contribution in [2.75, 3.05) is 39.9 Å². The molecule has 0 aliphatic carbocycles. The molecule has 2 rings (SSSR count). The summed E-state index contributed by atoms with van der Waals surface area (Å²) in [7, 11) is 1.29. The predicted octanol–water partition coefficient (Wildman–Crippen LogP) is 0.153. The second kappa shape index (κ2) is 7.44. The molecule has 22 heavy (non-hydrogen) atoms. The second-order valence-electron chi connectivity index (χ2n) is 4.80. The van der Waals surface area contributed by atoms with Crippen LogP contribution in [0.4, 0.5) is 0 Å². The number of piperazine rings is 1. The first-order chi connectivity index (χ1) is 10.7. The normalized spacial score (nSPS) is 14.4. The molecule has 0 aromatic heterocycles. The van der Waals surface area contributed by atoms with Gasteiger partial charge in [0.15, 0.2) is 6.61 Å². The SMILES string of the molecule is COC(=O)c1ccccc1OCC(=O)N1CCN(C=O)CC1. The van der Waals surface area contributed by atoms with Crippen molar-refractivity contribution in [2.45, 2.75) is 0 Å². The Morgan fingerprint density at radius 2 is 1.86 bits per heavy atom. The van der Waals surface area contributed by atoms with E-state index in [4.69, 9.17) is 4.74 Å². The third-order valence-corrected chi connectivity index (χ3v) is 3.46. The number of methoxy groups -OCH3 is 1. The summed E-state index contributed by atoms with van der Waals surface area (Å²) in [5.41, 5.74) is 0.281. The molecular weight excluding hydrogens is 288 g/mol. The highest BCUT2D eigenvalue weighted by Gasteiger charge is 2.21.